The topological polar surface area (TPSA) is 26.7 Å². The van der Waals surface area contributed by atoms with Crippen LogP contribution >= 0.6 is 0 Å². The van der Waals surface area contributed by atoms with Crippen molar-refractivity contribution in [2.24, 2.45) is 0 Å². The fourth-order valence-corrected chi connectivity index (χ4v) is 4.59. The number of hydrogen-bond acceptors (Lipinski definition) is 3. The van der Waals surface area contributed by atoms with Crippen LogP contribution in [-0.4, -0.2) is 59.8 Å². The van der Waals surface area contributed by atoms with Crippen LogP contribution in [0.15, 0.2) is 30.3 Å². The Morgan fingerprint density at radius 3 is 2.54 bits per heavy atom. The quantitative estimate of drug-likeness (QED) is 0.831. The number of aliphatic hydroxyl groups excluding tert-OH is 1. The molecule has 2 fully saturated rings. The molecule has 0 radical (unpaired) electrons. The van der Waals surface area contributed by atoms with Crippen LogP contribution in [0.4, 0.5) is 0 Å². The molecule has 0 spiro atoms. The molecule has 1 N–H and O–H groups in total. The van der Waals surface area contributed by atoms with E-state index in [0.717, 1.165) is 19.0 Å². The van der Waals surface area contributed by atoms with Crippen molar-refractivity contribution in [3.8, 4) is 0 Å². The van der Waals surface area contributed by atoms with E-state index >= 15 is 0 Å². The summed E-state index contributed by atoms with van der Waals surface area (Å²) in [5, 5.41) is 9.50. The lowest BCUT2D eigenvalue weighted by atomic mass is 9.91. The molecule has 3 rings (SSSR count). The normalized spacial score (nSPS) is 24.3. The van der Waals surface area contributed by atoms with Crippen molar-refractivity contribution >= 4 is 0 Å². The number of hydrogen-bond donors (Lipinski definition) is 1. The summed E-state index contributed by atoms with van der Waals surface area (Å²) in [6.07, 6.45) is 10.3. The van der Waals surface area contributed by atoms with Crippen molar-refractivity contribution in [3.05, 3.63) is 35.9 Å². The van der Waals surface area contributed by atoms with E-state index in [1.807, 2.05) is 0 Å². The van der Waals surface area contributed by atoms with E-state index in [2.05, 4.69) is 40.1 Å². The molecule has 0 bridgehead atoms. The van der Waals surface area contributed by atoms with Gasteiger partial charge < -0.3 is 10.0 Å². The molecular weight excluding hydrogens is 296 g/mol. The number of benzene rings is 1. The Kier molecular flexibility index (Phi) is 7.13. The lowest BCUT2D eigenvalue weighted by Crippen LogP contribution is -2.57. The number of piperazine rings is 1. The van der Waals surface area contributed by atoms with Gasteiger partial charge in [-0.15, -0.1) is 0 Å². The Hall–Kier alpha value is -0.900. The molecule has 3 nitrogen and oxygen atoms in total. The number of rotatable bonds is 7. The van der Waals surface area contributed by atoms with E-state index in [4.69, 9.17) is 0 Å². The molecule has 1 aromatic rings. The van der Waals surface area contributed by atoms with Gasteiger partial charge in [-0.2, -0.15) is 0 Å². The zero-order valence-corrected chi connectivity index (χ0v) is 15.1. The van der Waals surface area contributed by atoms with Crippen LogP contribution in [0.1, 0.15) is 50.5 Å². The first kappa shape index (κ1) is 17.9. The SMILES string of the molecule is OCC[C@H]1CN(CCCc2ccccc2)CCN1C1CCCCC1. The predicted molar refractivity (Wildman–Crippen MR) is 100 cm³/mol. The average molecular weight is 331 g/mol. The first-order chi connectivity index (χ1) is 11.9. The average Bonchev–Trinajstić information content (AvgIpc) is 2.64. The van der Waals surface area contributed by atoms with E-state index in [9.17, 15) is 5.11 Å². The molecule has 0 aromatic heterocycles. The Morgan fingerprint density at radius 1 is 1.00 bits per heavy atom. The van der Waals surface area contributed by atoms with Crippen molar-refractivity contribution in [1.29, 1.82) is 0 Å². The molecule has 1 aliphatic heterocycles. The van der Waals surface area contributed by atoms with Crippen molar-refractivity contribution in [1.82, 2.24) is 9.80 Å². The fourth-order valence-electron chi connectivity index (χ4n) is 4.59. The highest BCUT2D eigenvalue weighted by Gasteiger charge is 2.31. The monoisotopic (exact) mass is 330 g/mol. The maximum atomic E-state index is 9.50. The lowest BCUT2D eigenvalue weighted by molar-refractivity contribution is 0.0162. The van der Waals surface area contributed by atoms with Gasteiger partial charge in [-0.25, -0.2) is 0 Å². The number of aliphatic hydroxyl groups is 1. The van der Waals surface area contributed by atoms with Gasteiger partial charge >= 0.3 is 0 Å². The Morgan fingerprint density at radius 2 is 1.79 bits per heavy atom. The summed E-state index contributed by atoms with van der Waals surface area (Å²) >= 11 is 0. The Balaban J connectivity index is 1.47. The molecular formula is C21H34N2O. The zero-order chi connectivity index (χ0) is 16.6. The van der Waals surface area contributed by atoms with Gasteiger partial charge in [0.15, 0.2) is 0 Å². The highest BCUT2D eigenvalue weighted by Crippen LogP contribution is 2.27. The Labute approximate surface area is 147 Å². The third kappa shape index (κ3) is 5.05. The highest BCUT2D eigenvalue weighted by atomic mass is 16.3. The summed E-state index contributed by atoms with van der Waals surface area (Å²) in [6.45, 7) is 5.06. The van der Waals surface area contributed by atoms with Crippen LogP contribution in [0.2, 0.25) is 0 Å². The molecule has 0 unspecified atom stereocenters. The van der Waals surface area contributed by atoms with E-state index in [1.165, 1.54) is 70.1 Å². The maximum Gasteiger partial charge on any atom is 0.0446 e. The smallest absolute Gasteiger partial charge is 0.0446 e. The van der Waals surface area contributed by atoms with Gasteiger partial charge in [-0.05, 0) is 44.2 Å². The van der Waals surface area contributed by atoms with E-state index < -0.39 is 0 Å². The minimum absolute atomic E-state index is 0.325. The molecule has 1 saturated heterocycles. The van der Waals surface area contributed by atoms with E-state index in [1.54, 1.807) is 0 Å². The highest BCUT2D eigenvalue weighted by molar-refractivity contribution is 5.14. The van der Waals surface area contributed by atoms with E-state index in [0.29, 0.717) is 12.6 Å². The van der Waals surface area contributed by atoms with Gasteiger partial charge in [0, 0.05) is 38.3 Å². The second kappa shape index (κ2) is 9.55. The van der Waals surface area contributed by atoms with E-state index in [-0.39, 0.29) is 0 Å². The van der Waals surface area contributed by atoms with Gasteiger partial charge in [0.05, 0.1) is 0 Å². The van der Waals surface area contributed by atoms with Crippen LogP contribution in [-0.2, 0) is 6.42 Å². The molecule has 2 aliphatic rings. The number of aryl methyl sites for hydroxylation is 1. The standard InChI is InChI=1S/C21H34N2O/c24-17-13-21-18-22(14-7-10-19-8-3-1-4-9-19)15-16-23(21)20-11-5-2-6-12-20/h1,3-4,8-9,20-21,24H,2,5-7,10-18H2/t21-/m0/s1. The first-order valence-corrected chi connectivity index (χ1v) is 9.99. The van der Waals surface area contributed by atoms with Crippen LogP contribution in [0.5, 0.6) is 0 Å². The predicted octanol–water partition coefficient (Wildman–Crippen LogP) is 3.32. The molecule has 1 aromatic carbocycles. The van der Waals surface area contributed by atoms with Gasteiger partial charge in [-0.1, -0.05) is 49.6 Å². The number of nitrogens with zero attached hydrogens (tertiary/aromatic N) is 2. The zero-order valence-electron chi connectivity index (χ0n) is 15.1. The molecule has 24 heavy (non-hydrogen) atoms. The molecule has 3 heteroatoms. The summed E-state index contributed by atoms with van der Waals surface area (Å²) < 4.78 is 0. The van der Waals surface area contributed by atoms with Crippen molar-refractivity contribution < 1.29 is 5.11 Å². The van der Waals surface area contributed by atoms with Crippen LogP contribution < -0.4 is 0 Å². The largest absolute Gasteiger partial charge is 0.396 e. The van der Waals surface area contributed by atoms with Gasteiger partial charge in [-0.3, -0.25) is 4.90 Å². The summed E-state index contributed by atoms with van der Waals surface area (Å²) in [7, 11) is 0. The maximum absolute atomic E-state index is 9.50. The third-order valence-corrected chi connectivity index (χ3v) is 5.90. The molecule has 134 valence electrons. The minimum Gasteiger partial charge on any atom is -0.396 e. The van der Waals surface area contributed by atoms with Gasteiger partial charge in [0.25, 0.3) is 0 Å². The van der Waals surface area contributed by atoms with Crippen LogP contribution in [0.25, 0.3) is 0 Å². The second-order valence-corrected chi connectivity index (χ2v) is 7.59. The molecule has 0 amide bonds. The van der Waals surface area contributed by atoms with Crippen LogP contribution in [0, 0.1) is 0 Å². The Bertz CT molecular complexity index is 458. The lowest BCUT2D eigenvalue weighted by Gasteiger charge is -2.46. The van der Waals surface area contributed by atoms with Gasteiger partial charge in [0.2, 0.25) is 0 Å². The molecule has 1 aliphatic carbocycles. The summed E-state index contributed by atoms with van der Waals surface area (Å²) in [6, 6.07) is 12.2. The first-order valence-electron chi connectivity index (χ1n) is 9.99. The summed E-state index contributed by atoms with van der Waals surface area (Å²) in [5.41, 5.74) is 1.45. The summed E-state index contributed by atoms with van der Waals surface area (Å²) in [4.78, 5) is 5.37. The molecule has 1 heterocycles. The molecule has 1 atom stereocenters. The van der Waals surface area contributed by atoms with Crippen molar-refractivity contribution in [2.75, 3.05) is 32.8 Å². The summed E-state index contributed by atoms with van der Waals surface area (Å²) in [5.74, 6) is 0. The molecule has 1 saturated carbocycles. The van der Waals surface area contributed by atoms with Crippen molar-refractivity contribution in [3.63, 3.8) is 0 Å². The van der Waals surface area contributed by atoms with Crippen molar-refractivity contribution in [2.45, 2.75) is 63.5 Å². The minimum atomic E-state index is 0.325. The van der Waals surface area contributed by atoms with Gasteiger partial charge in [0.1, 0.15) is 0 Å². The third-order valence-electron chi connectivity index (χ3n) is 5.90. The fraction of sp³-hybridized carbons (Fsp3) is 0.714. The second-order valence-electron chi connectivity index (χ2n) is 7.59. The van der Waals surface area contributed by atoms with Crippen LogP contribution in [0.3, 0.4) is 0 Å².